The Morgan fingerprint density at radius 3 is 2.34 bits per heavy atom. The number of nitrogens with one attached hydrogen (secondary N) is 1. The van der Waals surface area contributed by atoms with Gasteiger partial charge in [0.15, 0.2) is 0 Å². The molecular formula is C22H25FN2O3S. The van der Waals surface area contributed by atoms with Crippen LogP contribution in [0.15, 0.2) is 59.5 Å². The first-order valence-electron chi connectivity index (χ1n) is 10.0. The van der Waals surface area contributed by atoms with Crippen molar-refractivity contribution in [3.8, 4) is 0 Å². The van der Waals surface area contributed by atoms with Crippen molar-refractivity contribution in [2.45, 2.75) is 42.5 Å². The Hall–Kier alpha value is -2.25. The fourth-order valence-electron chi connectivity index (χ4n) is 4.24. The molecule has 29 heavy (non-hydrogen) atoms. The number of carbonyl (C=O) groups excluding carboxylic acids is 1. The minimum absolute atomic E-state index is 0.0553. The summed E-state index contributed by atoms with van der Waals surface area (Å²) >= 11 is 0. The zero-order valence-corrected chi connectivity index (χ0v) is 17.0. The van der Waals surface area contributed by atoms with Crippen LogP contribution < -0.4 is 5.32 Å². The molecule has 2 aromatic rings. The monoisotopic (exact) mass is 416 g/mol. The molecule has 154 valence electrons. The Morgan fingerprint density at radius 1 is 1.03 bits per heavy atom. The zero-order valence-electron chi connectivity index (χ0n) is 16.2. The molecule has 0 radical (unpaired) electrons. The van der Waals surface area contributed by atoms with E-state index in [1.807, 2.05) is 30.3 Å². The Balaban J connectivity index is 1.48. The van der Waals surface area contributed by atoms with Gasteiger partial charge in [-0.2, -0.15) is 4.31 Å². The van der Waals surface area contributed by atoms with Gasteiger partial charge in [0.2, 0.25) is 15.9 Å². The van der Waals surface area contributed by atoms with E-state index in [0.717, 1.165) is 37.0 Å². The molecular weight excluding hydrogens is 391 g/mol. The van der Waals surface area contributed by atoms with Crippen molar-refractivity contribution in [2.24, 2.45) is 5.92 Å². The quantitative estimate of drug-likeness (QED) is 0.812. The summed E-state index contributed by atoms with van der Waals surface area (Å²) in [6, 6.07) is 14.8. The third kappa shape index (κ3) is 3.94. The van der Waals surface area contributed by atoms with Crippen molar-refractivity contribution < 1.29 is 17.6 Å². The SMILES string of the molecule is O=C(NC1(c2ccccc2)CCC1)[C@H]1CCCN(S(=O)(=O)c2ccc(F)cc2)C1. The van der Waals surface area contributed by atoms with Gasteiger partial charge in [-0.25, -0.2) is 12.8 Å². The topological polar surface area (TPSA) is 66.5 Å². The molecule has 7 heteroatoms. The van der Waals surface area contributed by atoms with Gasteiger partial charge >= 0.3 is 0 Å². The van der Waals surface area contributed by atoms with Gasteiger partial charge in [-0.3, -0.25) is 4.79 Å². The lowest BCUT2D eigenvalue weighted by atomic mass is 9.71. The van der Waals surface area contributed by atoms with E-state index >= 15 is 0 Å². The molecule has 1 amide bonds. The van der Waals surface area contributed by atoms with Gasteiger partial charge in [-0.05, 0) is 61.9 Å². The van der Waals surface area contributed by atoms with E-state index in [-0.39, 0.29) is 28.8 Å². The minimum Gasteiger partial charge on any atom is -0.346 e. The number of rotatable bonds is 5. The second-order valence-corrected chi connectivity index (χ2v) is 9.88. The van der Waals surface area contributed by atoms with E-state index in [1.165, 1.54) is 16.4 Å². The van der Waals surface area contributed by atoms with Crippen LogP contribution >= 0.6 is 0 Å². The lowest BCUT2D eigenvalue weighted by Gasteiger charge is -2.44. The van der Waals surface area contributed by atoms with E-state index in [4.69, 9.17) is 0 Å². The van der Waals surface area contributed by atoms with Crippen LogP contribution in [0.5, 0.6) is 0 Å². The van der Waals surface area contributed by atoms with Gasteiger partial charge in [0, 0.05) is 13.1 Å². The normalized spacial score (nSPS) is 21.9. The van der Waals surface area contributed by atoms with E-state index < -0.39 is 15.8 Å². The van der Waals surface area contributed by atoms with Gasteiger partial charge in [0.25, 0.3) is 0 Å². The minimum atomic E-state index is -3.75. The molecule has 0 unspecified atom stereocenters. The fourth-order valence-corrected chi connectivity index (χ4v) is 5.77. The van der Waals surface area contributed by atoms with Gasteiger partial charge in [-0.1, -0.05) is 30.3 Å². The third-order valence-corrected chi connectivity index (χ3v) is 7.98. The first kappa shape index (κ1) is 20.0. The number of halogens is 1. The second-order valence-electron chi connectivity index (χ2n) is 7.95. The van der Waals surface area contributed by atoms with Gasteiger partial charge in [-0.15, -0.1) is 0 Å². The van der Waals surface area contributed by atoms with Crippen LogP contribution in [0.1, 0.15) is 37.7 Å². The molecule has 1 aliphatic carbocycles. The van der Waals surface area contributed by atoms with Crippen LogP contribution in [-0.2, 0) is 20.4 Å². The summed E-state index contributed by atoms with van der Waals surface area (Å²) in [6.45, 7) is 0.518. The highest BCUT2D eigenvalue weighted by Crippen LogP contribution is 2.41. The lowest BCUT2D eigenvalue weighted by Crippen LogP contribution is -2.54. The third-order valence-electron chi connectivity index (χ3n) is 6.10. The van der Waals surface area contributed by atoms with E-state index in [0.29, 0.717) is 19.4 Å². The zero-order chi connectivity index (χ0) is 20.5. The Labute approximate surface area is 171 Å². The molecule has 0 spiro atoms. The molecule has 0 aromatic heterocycles. The highest BCUT2D eigenvalue weighted by atomic mass is 32.2. The highest BCUT2D eigenvalue weighted by Gasteiger charge is 2.42. The Bertz CT molecular complexity index is 973. The van der Waals surface area contributed by atoms with Crippen LogP contribution in [0.25, 0.3) is 0 Å². The second kappa shape index (κ2) is 7.88. The van der Waals surface area contributed by atoms with Crippen molar-refractivity contribution in [3.63, 3.8) is 0 Å². The molecule has 4 rings (SSSR count). The number of carbonyl (C=O) groups is 1. The fraction of sp³-hybridized carbons (Fsp3) is 0.409. The van der Waals surface area contributed by atoms with Crippen LogP contribution in [0.4, 0.5) is 4.39 Å². The number of benzene rings is 2. The first-order chi connectivity index (χ1) is 13.9. The van der Waals surface area contributed by atoms with Crippen molar-refractivity contribution in [2.75, 3.05) is 13.1 Å². The molecule has 0 bridgehead atoms. The molecule has 5 nitrogen and oxygen atoms in total. The average Bonchev–Trinajstić information content (AvgIpc) is 2.71. The Kier molecular flexibility index (Phi) is 5.44. The number of sulfonamides is 1. The summed E-state index contributed by atoms with van der Waals surface area (Å²) in [4.78, 5) is 13.1. The van der Waals surface area contributed by atoms with Crippen LogP contribution in [0.3, 0.4) is 0 Å². The van der Waals surface area contributed by atoms with E-state index in [1.54, 1.807) is 0 Å². The molecule has 1 aliphatic heterocycles. The maximum absolute atomic E-state index is 13.2. The molecule has 1 N–H and O–H groups in total. The van der Waals surface area contributed by atoms with Crippen LogP contribution in [-0.4, -0.2) is 31.7 Å². The standard InChI is InChI=1S/C22H25FN2O3S/c23-19-9-11-20(12-10-19)29(27,28)25-15-4-6-17(16-25)21(26)24-22(13-5-14-22)18-7-2-1-3-8-18/h1-3,7-12,17H,4-6,13-16H2,(H,24,26)/t17-/m0/s1. The van der Waals surface area contributed by atoms with Gasteiger partial charge in [0.1, 0.15) is 5.82 Å². The largest absolute Gasteiger partial charge is 0.346 e. The van der Waals surface area contributed by atoms with Crippen molar-refractivity contribution in [1.29, 1.82) is 0 Å². The highest BCUT2D eigenvalue weighted by molar-refractivity contribution is 7.89. The first-order valence-corrected chi connectivity index (χ1v) is 11.5. The predicted molar refractivity (Wildman–Crippen MR) is 108 cm³/mol. The van der Waals surface area contributed by atoms with Crippen molar-refractivity contribution in [1.82, 2.24) is 9.62 Å². The Morgan fingerprint density at radius 2 is 1.72 bits per heavy atom. The molecule has 1 saturated heterocycles. The van der Waals surface area contributed by atoms with Crippen molar-refractivity contribution in [3.05, 3.63) is 66.0 Å². The number of nitrogens with zero attached hydrogens (tertiary/aromatic N) is 1. The van der Waals surface area contributed by atoms with Gasteiger partial charge < -0.3 is 5.32 Å². The summed E-state index contributed by atoms with van der Waals surface area (Å²) in [7, 11) is -3.75. The smallest absolute Gasteiger partial charge is 0.243 e. The summed E-state index contributed by atoms with van der Waals surface area (Å²) in [5.41, 5.74) is 0.766. The number of hydrogen-bond acceptors (Lipinski definition) is 3. The molecule has 1 saturated carbocycles. The maximum Gasteiger partial charge on any atom is 0.243 e. The van der Waals surface area contributed by atoms with Gasteiger partial charge in [0.05, 0.1) is 16.4 Å². The van der Waals surface area contributed by atoms with E-state index in [2.05, 4.69) is 5.32 Å². The van der Waals surface area contributed by atoms with Crippen LogP contribution in [0.2, 0.25) is 0 Å². The van der Waals surface area contributed by atoms with E-state index in [9.17, 15) is 17.6 Å². The average molecular weight is 417 g/mol. The predicted octanol–water partition coefficient (Wildman–Crippen LogP) is 3.42. The molecule has 2 aliphatic rings. The summed E-state index contributed by atoms with van der Waals surface area (Å²) in [5, 5.41) is 3.23. The molecule has 2 aromatic carbocycles. The van der Waals surface area contributed by atoms with Crippen molar-refractivity contribution >= 4 is 15.9 Å². The maximum atomic E-state index is 13.2. The number of amides is 1. The summed E-state index contributed by atoms with van der Waals surface area (Å²) < 4.78 is 40.3. The summed E-state index contributed by atoms with van der Waals surface area (Å²) in [5.74, 6) is -0.959. The van der Waals surface area contributed by atoms with Crippen LogP contribution in [0, 0.1) is 11.7 Å². The molecule has 1 heterocycles. The molecule has 2 fully saturated rings. The lowest BCUT2D eigenvalue weighted by molar-refractivity contribution is -0.129. The number of hydrogen-bond donors (Lipinski definition) is 1. The number of piperidine rings is 1. The molecule has 1 atom stereocenters. The summed E-state index contributed by atoms with van der Waals surface area (Å²) in [6.07, 6.45) is 4.13.